The zero-order valence-corrected chi connectivity index (χ0v) is 26.8. The molecule has 0 bridgehead atoms. The van der Waals surface area contributed by atoms with Crippen molar-refractivity contribution in [2.75, 3.05) is 0 Å². The summed E-state index contributed by atoms with van der Waals surface area (Å²) >= 11 is 0. The largest absolute Gasteiger partial charge is 0.577 e. The molecule has 0 aromatic heterocycles. The number of nitrogens with zero attached hydrogens (tertiary/aromatic N) is 1. The quantitative estimate of drug-likeness (QED) is 0.137. The second-order valence-corrected chi connectivity index (χ2v) is 15.4. The molecule has 2 nitrogen and oxygen atoms in total. The molecule has 1 saturated carbocycles. The Bertz CT molecular complexity index is 1180. The zero-order valence-electron chi connectivity index (χ0n) is 22.2. The Morgan fingerprint density at radius 1 is 0.564 bits per heavy atom. The first-order valence-electron chi connectivity index (χ1n) is 11.8. The summed E-state index contributed by atoms with van der Waals surface area (Å²) in [5, 5.41) is 4.19. The third-order valence-electron chi connectivity index (χ3n) is 4.35. The summed E-state index contributed by atoms with van der Waals surface area (Å²) < 4.78 is 0. The van der Waals surface area contributed by atoms with E-state index < -0.39 is 16.0 Å². The van der Waals surface area contributed by atoms with Gasteiger partial charge in [-0.15, -0.1) is 11.5 Å². The number of hydrogen-bond acceptors (Lipinski definition) is 1. The van der Waals surface area contributed by atoms with Crippen molar-refractivity contribution in [1.82, 2.24) is 0 Å². The van der Waals surface area contributed by atoms with Crippen molar-refractivity contribution >= 4 is 31.9 Å². The second-order valence-electron chi connectivity index (χ2n) is 8.43. The van der Waals surface area contributed by atoms with Crippen LogP contribution in [0, 0.1) is 84.5 Å². The van der Waals surface area contributed by atoms with Gasteiger partial charge in [-0.25, -0.2) is 5.92 Å². The van der Waals surface area contributed by atoms with E-state index in [1.807, 2.05) is 38.0 Å². The van der Waals surface area contributed by atoms with Crippen LogP contribution in [-0.2, 0) is 20.4 Å². The van der Waals surface area contributed by atoms with Gasteiger partial charge in [-0.1, -0.05) is 111 Å². The van der Waals surface area contributed by atoms with Crippen LogP contribution >= 0.6 is 7.92 Å². The molecule has 0 amide bonds. The summed E-state index contributed by atoms with van der Waals surface area (Å²) in [6.45, 7) is 6.45. The third-order valence-corrected chi connectivity index (χ3v) is 7.67. The molecule has 4 rings (SSSR count). The Labute approximate surface area is 252 Å². The smallest absolute Gasteiger partial charge is 0.130 e. The molecule has 0 atom stereocenters. The zero-order chi connectivity index (χ0) is 27.9. The SMILES string of the molecule is [C-]#CC#CC#CC#C[Si](C)(C)C.[CH]1[CH][CH][CH][CH]1.[N-]=O.[Re].c1ccc(P(c2ccccc2)c2ccccc2)cc1. The van der Waals surface area contributed by atoms with Crippen LogP contribution in [-0.4, -0.2) is 8.07 Å². The van der Waals surface area contributed by atoms with Crippen LogP contribution < -0.4 is 15.9 Å². The fourth-order valence-corrected chi connectivity index (χ4v) is 5.59. The van der Waals surface area contributed by atoms with Gasteiger partial charge in [0.1, 0.15) is 8.07 Å². The van der Waals surface area contributed by atoms with E-state index in [2.05, 4.69) is 146 Å². The summed E-state index contributed by atoms with van der Waals surface area (Å²) in [6.07, 6.45) is 16.5. The van der Waals surface area contributed by atoms with Crippen molar-refractivity contribution < 1.29 is 20.4 Å². The molecular weight excluding hydrogens is 684 g/mol. The molecule has 0 heterocycles. The Balaban J connectivity index is 0.000000620. The van der Waals surface area contributed by atoms with E-state index in [4.69, 9.17) is 16.9 Å². The van der Waals surface area contributed by atoms with E-state index >= 15 is 0 Å². The van der Waals surface area contributed by atoms with Gasteiger partial charge in [0, 0.05) is 20.4 Å². The molecule has 0 saturated heterocycles. The Kier molecular flexibility index (Phi) is 20.9. The van der Waals surface area contributed by atoms with Crippen molar-refractivity contribution in [3.63, 3.8) is 0 Å². The summed E-state index contributed by atoms with van der Waals surface area (Å²) in [5.41, 5.74) is 8.83. The fourth-order valence-electron chi connectivity index (χ4n) is 2.84. The summed E-state index contributed by atoms with van der Waals surface area (Å²) in [5.74, 6) is 14.5. The number of benzene rings is 3. The molecule has 3 aromatic rings. The van der Waals surface area contributed by atoms with E-state index in [0.717, 1.165) is 0 Å². The van der Waals surface area contributed by atoms with Gasteiger partial charge in [-0.3, -0.25) is 5.92 Å². The van der Waals surface area contributed by atoms with Gasteiger partial charge >= 0.3 is 0 Å². The van der Waals surface area contributed by atoms with Gasteiger partial charge in [0.2, 0.25) is 0 Å². The molecule has 39 heavy (non-hydrogen) atoms. The third kappa shape index (κ3) is 17.1. The normalized spacial score (nSPS) is 10.5. The van der Waals surface area contributed by atoms with E-state index in [1.54, 1.807) is 0 Å². The standard InChI is InChI=1S/C18H15P.C11H9Si.C5H5.NO.Re/c1-4-10-16(11-5-1)19(17-12-6-2-7-13-17)18-14-8-3-9-15-18;1-5-6-7-8-9-10-11-12(2,3)4;1-2-4-5-3-1;1-2;/h1-15H;2-4H3;1-5H;;/q;-1;;-1;. The molecule has 0 N–H and O–H groups in total. The average molecular weight is 713 g/mol. The van der Waals surface area contributed by atoms with Crippen molar-refractivity contribution in [2.24, 2.45) is 0 Å². The van der Waals surface area contributed by atoms with E-state index in [-0.39, 0.29) is 20.4 Å². The molecule has 0 aliphatic heterocycles. The van der Waals surface area contributed by atoms with Gasteiger partial charge in [-0.05, 0) is 73.7 Å². The minimum atomic E-state index is -1.29. The van der Waals surface area contributed by atoms with Gasteiger partial charge in [-0.2, -0.15) is 0 Å². The first-order chi connectivity index (χ1) is 18.5. The molecule has 1 fully saturated rings. The molecular formula is C34H29NOPReSi-2. The number of hydrogen-bond donors (Lipinski definition) is 0. The first-order valence-corrected chi connectivity index (χ1v) is 16.6. The van der Waals surface area contributed by atoms with Crippen LogP contribution in [0.1, 0.15) is 0 Å². The van der Waals surface area contributed by atoms with Crippen LogP contribution in [0.15, 0.2) is 91.0 Å². The van der Waals surface area contributed by atoms with Crippen molar-refractivity contribution in [2.45, 2.75) is 19.6 Å². The summed E-state index contributed by atoms with van der Waals surface area (Å²) in [7, 11) is -1.74. The predicted molar refractivity (Wildman–Crippen MR) is 167 cm³/mol. The van der Waals surface area contributed by atoms with Crippen LogP contribution in [0.5, 0.6) is 0 Å². The van der Waals surface area contributed by atoms with E-state index in [9.17, 15) is 0 Å². The molecule has 0 unspecified atom stereocenters. The molecule has 6 radical (unpaired) electrons. The predicted octanol–water partition coefficient (Wildman–Crippen LogP) is 6.25. The van der Waals surface area contributed by atoms with Gasteiger partial charge < -0.3 is 16.9 Å². The minimum Gasteiger partial charge on any atom is -0.577 e. The number of nitroso groups, excluding NO2 is 1. The van der Waals surface area contributed by atoms with Crippen molar-refractivity contribution in [3.8, 4) is 41.1 Å². The second kappa shape index (κ2) is 22.8. The molecule has 5 heteroatoms. The monoisotopic (exact) mass is 713 g/mol. The van der Waals surface area contributed by atoms with Gasteiger partial charge in [0.15, 0.2) is 0 Å². The molecule has 1 aliphatic carbocycles. The number of rotatable bonds is 3. The van der Waals surface area contributed by atoms with E-state index in [0.29, 0.717) is 0 Å². The maximum absolute atomic E-state index is 7.25. The Morgan fingerprint density at radius 3 is 1.18 bits per heavy atom. The first kappa shape index (κ1) is 35.8. The van der Waals surface area contributed by atoms with Crippen LogP contribution in [0.25, 0.3) is 5.59 Å². The maximum Gasteiger partial charge on any atom is 0.130 e. The van der Waals surface area contributed by atoms with Gasteiger partial charge in [0.25, 0.3) is 0 Å². The van der Waals surface area contributed by atoms with E-state index in [1.165, 1.54) is 15.9 Å². The van der Waals surface area contributed by atoms with Crippen molar-refractivity contribution in [1.29, 1.82) is 0 Å². The minimum absolute atomic E-state index is 0. The van der Waals surface area contributed by atoms with Gasteiger partial charge in [0.05, 0.1) is 0 Å². The topological polar surface area (TPSA) is 39.4 Å². The van der Waals surface area contributed by atoms with Crippen LogP contribution in [0.2, 0.25) is 19.6 Å². The Morgan fingerprint density at radius 2 is 0.872 bits per heavy atom. The van der Waals surface area contributed by atoms with Crippen LogP contribution in [0.4, 0.5) is 0 Å². The van der Waals surface area contributed by atoms with Crippen LogP contribution in [0.3, 0.4) is 0 Å². The average Bonchev–Trinajstić information content (AvgIpc) is 3.54. The molecule has 1 aliphatic rings. The summed E-state index contributed by atoms with van der Waals surface area (Å²) in [4.78, 5) is 7.25. The maximum atomic E-state index is 7.25. The molecule has 0 spiro atoms. The fraction of sp³-hybridized carbons (Fsp3) is 0.0882. The van der Waals surface area contributed by atoms with Crippen molar-refractivity contribution in [3.05, 3.63) is 140 Å². The Hall–Kier alpha value is -3.19. The molecule has 3 aromatic carbocycles. The molecule has 194 valence electrons. The summed E-state index contributed by atoms with van der Waals surface area (Å²) in [6, 6.07) is 32.3.